The fraction of sp³-hybridized carbons (Fsp3) is 0.550. The molecule has 0 spiro atoms. The molecule has 0 heterocycles. The van der Waals surface area contributed by atoms with Gasteiger partial charge >= 0.3 is 41.9 Å². The molecule has 0 N–H and O–H groups in total. The second kappa shape index (κ2) is 16.4. The van der Waals surface area contributed by atoms with Gasteiger partial charge in [-0.05, 0) is 36.5 Å². The minimum atomic E-state index is 0. The molecule has 2 aliphatic carbocycles. The molecule has 0 saturated heterocycles. The minimum absolute atomic E-state index is 0. The van der Waals surface area contributed by atoms with Crippen molar-refractivity contribution in [3.8, 4) is 0 Å². The summed E-state index contributed by atoms with van der Waals surface area (Å²) in [6.07, 6.45) is 13.8. The van der Waals surface area contributed by atoms with Crippen molar-refractivity contribution in [3.63, 3.8) is 0 Å². The topological polar surface area (TPSA) is 0 Å². The van der Waals surface area contributed by atoms with E-state index >= 15 is 0 Å². The Morgan fingerprint density at radius 2 is 0.864 bits per heavy atom. The Hall–Kier alpha value is -0.660. The summed E-state index contributed by atoms with van der Waals surface area (Å²) in [5.74, 6) is 0. The molecule has 0 radical (unpaired) electrons. The van der Waals surface area contributed by atoms with Gasteiger partial charge in [0, 0.05) is 0 Å². The van der Waals surface area contributed by atoms with Crippen molar-refractivity contribution in [3.05, 3.63) is 80.9 Å². The third-order valence-corrected chi connectivity index (χ3v) is 10.8. The molecule has 0 nitrogen and oxygen atoms in total. The predicted octanol–water partition coefficient (Wildman–Crippen LogP) is 6.20. The van der Waals surface area contributed by atoms with Crippen molar-refractivity contribution in [2.24, 2.45) is 0 Å². The predicted molar refractivity (Wildman–Crippen MR) is 186 cm³/mol. The Balaban J connectivity index is 0.000000263. The first-order valence-corrected chi connectivity index (χ1v) is 22.8. The molecule has 44 heavy (non-hydrogen) atoms. The summed E-state index contributed by atoms with van der Waals surface area (Å²) in [6, 6.07) is 14.3. The number of benzene rings is 2. The normalized spacial score (nSPS) is 17.0. The van der Waals surface area contributed by atoms with Crippen molar-refractivity contribution >= 4 is 27.0 Å². The number of fused-ring (bicyclic) bond motifs is 2. The molecule has 4 aromatic rings. The molecule has 0 unspecified atom stereocenters. The summed E-state index contributed by atoms with van der Waals surface area (Å²) in [7, 11) is 0. The fourth-order valence-electron chi connectivity index (χ4n) is 7.88. The van der Waals surface area contributed by atoms with Crippen LogP contribution in [-0.2, 0) is 34.2 Å². The van der Waals surface area contributed by atoms with E-state index in [9.17, 15) is 0 Å². The molecule has 4 aromatic carbocycles. The van der Waals surface area contributed by atoms with Gasteiger partial charge in [0.15, 0.2) is 0 Å². The Bertz CT molecular complexity index is 1440. The van der Waals surface area contributed by atoms with Crippen molar-refractivity contribution in [1.29, 1.82) is 0 Å². The van der Waals surface area contributed by atoms with Gasteiger partial charge in [0.1, 0.15) is 0 Å². The number of hydrogen-bond acceptors (Lipinski definition) is 0. The largest absolute Gasteiger partial charge is 1.00 e. The van der Waals surface area contributed by atoms with Crippen LogP contribution in [0.15, 0.2) is 36.4 Å². The summed E-state index contributed by atoms with van der Waals surface area (Å²) in [5, 5.41) is 6.09. The Labute approximate surface area is 297 Å². The van der Waals surface area contributed by atoms with E-state index in [1.165, 1.54) is 108 Å². The van der Waals surface area contributed by atoms with Crippen LogP contribution in [0.1, 0.15) is 123 Å². The molecule has 0 aromatic heterocycles. The molecular weight excluding hydrogens is 671 g/mol. The summed E-state index contributed by atoms with van der Waals surface area (Å²) >= 11 is 1.74. The van der Waals surface area contributed by atoms with Crippen LogP contribution in [0, 0.1) is 41.5 Å². The molecule has 6 rings (SSSR count). The number of hydrogen-bond donors (Lipinski definition) is 0. The van der Waals surface area contributed by atoms with E-state index in [-0.39, 0.29) is 30.2 Å². The molecule has 2 fully saturated rings. The van der Waals surface area contributed by atoms with Crippen LogP contribution in [0.25, 0.3) is 21.5 Å². The van der Waals surface area contributed by atoms with Gasteiger partial charge in [-0.1, -0.05) is 117 Å². The van der Waals surface area contributed by atoms with Gasteiger partial charge in [-0.3, -0.25) is 0 Å². The summed E-state index contributed by atoms with van der Waals surface area (Å²) in [4.78, 5) is 0. The maximum atomic E-state index is 2.48. The van der Waals surface area contributed by atoms with Gasteiger partial charge in [-0.25, -0.2) is 0 Å². The summed E-state index contributed by atoms with van der Waals surface area (Å²) < 4.78 is 0. The first kappa shape index (κ1) is 39.5. The first-order chi connectivity index (χ1) is 19.8. The number of aryl methyl sites for hydroxylation is 6. The molecule has 2 aliphatic rings. The SMILES string of the molecule is C[Si](C)=[Zr+2].Cc1[cH-]c2c(C)ccc(C3(C)CCCCC3)c2c1C.Cc1[cH-]c2c(C)ccc(C3(C)CCCCC3)c2c1C.[Cl-].[Cl-]. The first-order valence-electron chi connectivity index (χ1n) is 16.6. The van der Waals surface area contributed by atoms with Crippen molar-refractivity contribution in [1.82, 2.24) is 0 Å². The Kier molecular flexibility index (Phi) is 14.8. The minimum Gasteiger partial charge on any atom is -1.00 e. The summed E-state index contributed by atoms with van der Waals surface area (Å²) in [5.41, 5.74) is 13.0. The Morgan fingerprint density at radius 3 is 1.16 bits per heavy atom. The van der Waals surface area contributed by atoms with E-state index in [1.54, 1.807) is 45.2 Å². The monoisotopic (exact) mass is 724 g/mol. The summed E-state index contributed by atoms with van der Waals surface area (Å²) in [6.45, 7) is 23.2. The van der Waals surface area contributed by atoms with Crippen LogP contribution in [0.3, 0.4) is 0 Å². The van der Waals surface area contributed by atoms with Crippen molar-refractivity contribution in [2.75, 3.05) is 0 Å². The van der Waals surface area contributed by atoms with Crippen LogP contribution in [0.2, 0.25) is 13.1 Å². The second-order valence-corrected chi connectivity index (χ2v) is 24.0. The van der Waals surface area contributed by atoms with Gasteiger partial charge in [-0.2, -0.15) is 11.1 Å². The van der Waals surface area contributed by atoms with Gasteiger partial charge in [0.25, 0.3) is 0 Å². The average Bonchev–Trinajstić information content (AvgIpc) is 3.41. The second-order valence-electron chi connectivity index (χ2n) is 14.6. The maximum Gasteiger partial charge on any atom is -0.0164 e. The number of halogens is 2. The fourth-order valence-corrected chi connectivity index (χ4v) is 7.88. The van der Waals surface area contributed by atoms with Crippen molar-refractivity contribution in [2.45, 2.75) is 144 Å². The standard InChI is InChI=1S/2C19H25.C2H6Si.2ClH.Zr/c2*1-13-8-9-17(19(4)10-6-5-7-11-19)18-15(3)14(2)12-16(13)18;1-3-2;;;/h2*8-9,12H,5-7,10-11H2,1-4H3;1-2H3;2*1H;/q2*-1;;;;+2/p-2. The van der Waals surface area contributed by atoms with E-state index < -0.39 is 0 Å². The third kappa shape index (κ3) is 8.43. The van der Waals surface area contributed by atoms with Crippen LogP contribution in [0.4, 0.5) is 0 Å². The Morgan fingerprint density at radius 1 is 0.568 bits per heavy atom. The number of rotatable bonds is 2. The van der Waals surface area contributed by atoms with E-state index in [2.05, 4.69) is 105 Å². The van der Waals surface area contributed by atoms with Crippen molar-refractivity contribution < 1.29 is 48.1 Å². The molecule has 0 bridgehead atoms. The quantitative estimate of drug-likeness (QED) is 0.171. The molecule has 0 amide bonds. The molecule has 0 aliphatic heterocycles. The maximum absolute atomic E-state index is 2.48. The zero-order chi connectivity index (χ0) is 30.8. The van der Waals surface area contributed by atoms with Crippen LogP contribution >= 0.6 is 0 Å². The van der Waals surface area contributed by atoms with Crippen LogP contribution in [-0.4, -0.2) is 5.43 Å². The smallest absolute Gasteiger partial charge is 0.0164 e. The zero-order valence-corrected chi connectivity index (χ0v) is 34.3. The van der Waals surface area contributed by atoms with E-state index in [0.29, 0.717) is 10.8 Å². The van der Waals surface area contributed by atoms with E-state index in [1.807, 2.05) is 0 Å². The van der Waals surface area contributed by atoms with Gasteiger partial charge in [-0.15, -0.1) is 68.1 Å². The zero-order valence-electron chi connectivity index (χ0n) is 29.3. The molecule has 4 heteroatoms. The average molecular weight is 727 g/mol. The van der Waals surface area contributed by atoms with Crippen LogP contribution < -0.4 is 24.8 Å². The molecule has 2 saturated carbocycles. The van der Waals surface area contributed by atoms with E-state index in [4.69, 9.17) is 0 Å². The third-order valence-electron chi connectivity index (χ3n) is 10.8. The van der Waals surface area contributed by atoms with Gasteiger partial charge in [0.2, 0.25) is 0 Å². The molecule has 0 atom stereocenters. The van der Waals surface area contributed by atoms with Gasteiger partial charge < -0.3 is 24.8 Å². The van der Waals surface area contributed by atoms with Crippen LogP contribution in [0.5, 0.6) is 0 Å². The molecular formula is C40H56Cl2SiZr-2. The van der Waals surface area contributed by atoms with E-state index in [0.717, 1.165) is 0 Å². The van der Waals surface area contributed by atoms with Gasteiger partial charge in [0.05, 0.1) is 0 Å². The molecule has 240 valence electrons.